The number of ether oxygens (including phenoxy) is 1. The maximum atomic E-state index is 12.9. The van der Waals surface area contributed by atoms with Crippen LogP contribution in [0, 0.1) is 6.92 Å². The molecule has 1 fully saturated rings. The Morgan fingerprint density at radius 1 is 1.21 bits per heavy atom. The topological polar surface area (TPSA) is 71.1 Å². The molecule has 0 radical (unpaired) electrons. The van der Waals surface area contributed by atoms with E-state index in [0.29, 0.717) is 30.5 Å². The van der Waals surface area contributed by atoms with Crippen molar-refractivity contribution in [3.63, 3.8) is 0 Å². The second-order valence-electron chi connectivity index (χ2n) is 7.19. The number of hydrogen-bond acceptors (Lipinski definition) is 4. The SMILES string of the molecule is COc1ncccc1C(=O)N1CCC(c2[nH]ncc2-c2cccc(C)c2)CC1. The summed E-state index contributed by atoms with van der Waals surface area (Å²) in [6, 6.07) is 12.0. The average molecular weight is 376 g/mol. The highest BCUT2D eigenvalue weighted by atomic mass is 16.5. The molecule has 2 aromatic heterocycles. The molecule has 0 atom stereocenters. The number of amides is 1. The maximum absolute atomic E-state index is 12.9. The number of nitrogens with zero attached hydrogens (tertiary/aromatic N) is 3. The highest BCUT2D eigenvalue weighted by molar-refractivity contribution is 5.96. The highest BCUT2D eigenvalue weighted by Gasteiger charge is 2.28. The normalized spacial score (nSPS) is 14.9. The van der Waals surface area contributed by atoms with Gasteiger partial charge in [0, 0.05) is 36.5 Å². The van der Waals surface area contributed by atoms with Crippen LogP contribution in [0.3, 0.4) is 0 Å². The molecule has 6 heteroatoms. The van der Waals surface area contributed by atoms with Gasteiger partial charge in [0.05, 0.1) is 13.3 Å². The van der Waals surface area contributed by atoms with Gasteiger partial charge in [-0.1, -0.05) is 29.8 Å². The Kier molecular flexibility index (Phi) is 5.10. The number of nitrogens with one attached hydrogen (secondary N) is 1. The summed E-state index contributed by atoms with van der Waals surface area (Å²) >= 11 is 0. The van der Waals surface area contributed by atoms with Gasteiger partial charge in [-0.2, -0.15) is 5.10 Å². The summed E-state index contributed by atoms with van der Waals surface area (Å²) < 4.78 is 5.24. The van der Waals surface area contributed by atoms with Gasteiger partial charge < -0.3 is 9.64 Å². The number of benzene rings is 1. The van der Waals surface area contributed by atoms with Crippen molar-refractivity contribution >= 4 is 5.91 Å². The number of pyridine rings is 1. The number of carbonyl (C=O) groups is 1. The third kappa shape index (κ3) is 3.50. The summed E-state index contributed by atoms with van der Waals surface area (Å²) in [7, 11) is 1.54. The number of aromatic amines is 1. The molecule has 3 heterocycles. The minimum atomic E-state index is -0.0214. The summed E-state index contributed by atoms with van der Waals surface area (Å²) in [6.07, 6.45) is 5.33. The second kappa shape index (κ2) is 7.84. The van der Waals surface area contributed by atoms with Crippen LogP contribution in [-0.4, -0.2) is 46.2 Å². The molecule has 1 amide bonds. The van der Waals surface area contributed by atoms with Crippen molar-refractivity contribution in [2.24, 2.45) is 0 Å². The fraction of sp³-hybridized carbons (Fsp3) is 0.318. The van der Waals surface area contributed by atoms with Crippen LogP contribution < -0.4 is 4.74 Å². The summed E-state index contributed by atoms with van der Waals surface area (Å²) in [4.78, 5) is 18.9. The van der Waals surface area contributed by atoms with Gasteiger partial charge in [0.1, 0.15) is 5.56 Å². The van der Waals surface area contributed by atoms with Crippen LogP contribution in [-0.2, 0) is 0 Å². The van der Waals surface area contributed by atoms with E-state index in [0.717, 1.165) is 24.1 Å². The van der Waals surface area contributed by atoms with Crippen molar-refractivity contribution in [1.82, 2.24) is 20.1 Å². The third-order valence-corrected chi connectivity index (χ3v) is 5.38. The lowest BCUT2D eigenvalue weighted by atomic mass is 9.89. The summed E-state index contributed by atoms with van der Waals surface area (Å²) in [5.74, 6) is 0.717. The van der Waals surface area contributed by atoms with Crippen LogP contribution in [0.5, 0.6) is 5.88 Å². The first kappa shape index (κ1) is 18.2. The van der Waals surface area contributed by atoms with Crippen LogP contribution >= 0.6 is 0 Å². The fourth-order valence-corrected chi connectivity index (χ4v) is 3.91. The Morgan fingerprint density at radius 3 is 2.79 bits per heavy atom. The largest absolute Gasteiger partial charge is 0.480 e. The number of likely N-dealkylation sites (tertiary alicyclic amines) is 1. The lowest BCUT2D eigenvalue weighted by Crippen LogP contribution is -2.38. The third-order valence-electron chi connectivity index (χ3n) is 5.38. The molecule has 1 aliphatic rings. The van der Waals surface area contributed by atoms with Gasteiger partial charge in [0.2, 0.25) is 5.88 Å². The number of aryl methyl sites for hydroxylation is 1. The number of H-pyrrole nitrogens is 1. The Bertz CT molecular complexity index is 974. The fourth-order valence-electron chi connectivity index (χ4n) is 3.91. The monoisotopic (exact) mass is 376 g/mol. The zero-order valence-corrected chi connectivity index (χ0v) is 16.2. The van der Waals surface area contributed by atoms with Crippen molar-refractivity contribution in [2.45, 2.75) is 25.7 Å². The molecule has 28 heavy (non-hydrogen) atoms. The highest BCUT2D eigenvalue weighted by Crippen LogP contribution is 2.34. The first-order chi connectivity index (χ1) is 13.7. The molecule has 1 saturated heterocycles. The van der Waals surface area contributed by atoms with Crippen molar-refractivity contribution in [1.29, 1.82) is 0 Å². The Labute approximate surface area is 164 Å². The average Bonchev–Trinajstić information content (AvgIpc) is 3.23. The van der Waals surface area contributed by atoms with E-state index in [2.05, 4.69) is 46.4 Å². The molecular formula is C22H24N4O2. The first-order valence-corrected chi connectivity index (χ1v) is 9.56. The summed E-state index contributed by atoms with van der Waals surface area (Å²) in [6.45, 7) is 3.50. The number of piperidine rings is 1. The van der Waals surface area contributed by atoms with E-state index in [9.17, 15) is 4.79 Å². The number of hydrogen-bond donors (Lipinski definition) is 1. The zero-order valence-electron chi connectivity index (χ0n) is 16.2. The van der Waals surface area contributed by atoms with Crippen molar-refractivity contribution in [2.75, 3.05) is 20.2 Å². The molecule has 0 saturated carbocycles. The van der Waals surface area contributed by atoms with Crippen LogP contribution in [0.25, 0.3) is 11.1 Å². The van der Waals surface area contributed by atoms with Crippen LogP contribution in [0.4, 0.5) is 0 Å². The lowest BCUT2D eigenvalue weighted by molar-refractivity contribution is 0.0708. The Hall–Kier alpha value is -3.15. The van der Waals surface area contributed by atoms with Gasteiger partial charge in [-0.25, -0.2) is 4.98 Å². The Balaban J connectivity index is 1.48. The number of aromatic nitrogens is 3. The molecule has 6 nitrogen and oxygen atoms in total. The maximum Gasteiger partial charge on any atom is 0.259 e. The van der Waals surface area contributed by atoms with Crippen molar-refractivity contribution in [3.8, 4) is 17.0 Å². The van der Waals surface area contributed by atoms with E-state index in [4.69, 9.17) is 4.74 Å². The molecule has 4 rings (SSSR count). The number of methoxy groups -OCH3 is 1. The van der Waals surface area contributed by atoms with Crippen LogP contribution in [0.1, 0.15) is 40.4 Å². The molecule has 0 bridgehead atoms. The van der Waals surface area contributed by atoms with E-state index in [1.54, 1.807) is 18.3 Å². The molecule has 0 aliphatic carbocycles. The molecule has 0 unspecified atom stereocenters. The van der Waals surface area contributed by atoms with Gasteiger partial charge in [-0.3, -0.25) is 9.89 Å². The first-order valence-electron chi connectivity index (χ1n) is 9.56. The van der Waals surface area contributed by atoms with Crippen molar-refractivity contribution < 1.29 is 9.53 Å². The van der Waals surface area contributed by atoms with Crippen molar-refractivity contribution in [3.05, 3.63) is 65.6 Å². The van der Waals surface area contributed by atoms with Gasteiger partial charge in [-0.05, 0) is 37.5 Å². The zero-order chi connectivity index (χ0) is 19.5. The van der Waals surface area contributed by atoms with E-state index < -0.39 is 0 Å². The van der Waals surface area contributed by atoms with Gasteiger partial charge >= 0.3 is 0 Å². The Morgan fingerprint density at radius 2 is 2.04 bits per heavy atom. The minimum Gasteiger partial charge on any atom is -0.480 e. The lowest BCUT2D eigenvalue weighted by Gasteiger charge is -2.32. The van der Waals surface area contributed by atoms with Crippen LogP contribution in [0.15, 0.2) is 48.8 Å². The van der Waals surface area contributed by atoms with Gasteiger partial charge in [-0.15, -0.1) is 0 Å². The van der Waals surface area contributed by atoms with E-state index >= 15 is 0 Å². The van der Waals surface area contributed by atoms with E-state index in [-0.39, 0.29) is 5.91 Å². The summed E-state index contributed by atoms with van der Waals surface area (Å²) in [5, 5.41) is 7.50. The molecule has 1 N–H and O–H groups in total. The predicted molar refractivity (Wildman–Crippen MR) is 107 cm³/mol. The predicted octanol–water partition coefficient (Wildman–Crippen LogP) is 3.81. The van der Waals surface area contributed by atoms with Crippen LogP contribution in [0.2, 0.25) is 0 Å². The molecule has 1 aromatic carbocycles. The smallest absolute Gasteiger partial charge is 0.259 e. The van der Waals surface area contributed by atoms with E-state index in [1.807, 2.05) is 11.1 Å². The molecular weight excluding hydrogens is 352 g/mol. The minimum absolute atomic E-state index is 0.0214. The summed E-state index contributed by atoms with van der Waals surface area (Å²) in [5.41, 5.74) is 5.25. The van der Waals surface area contributed by atoms with Gasteiger partial charge in [0.15, 0.2) is 0 Å². The molecule has 144 valence electrons. The van der Waals surface area contributed by atoms with Gasteiger partial charge in [0.25, 0.3) is 5.91 Å². The quantitative estimate of drug-likeness (QED) is 0.752. The second-order valence-corrected chi connectivity index (χ2v) is 7.19. The molecule has 3 aromatic rings. The number of carbonyl (C=O) groups excluding carboxylic acids is 1. The molecule has 1 aliphatic heterocycles. The van der Waals surface area contributed by atoms with E-state index in [1.165, 1.54) is 18.2 Å². The number of rotatable bonds is 4. The standard InChI is InChI=1S/C22H24N4O2/c1-15-5-3-6-17(13-15)19-14-24-25-20(19)16-8-11-26(12-9-16)22(27)18-7-4-10-23-21(18)28-2/h3-7,10,13-14,16H,8-9,11-12H2,1-2H3,(H,24,25). The molecule has 0 spiro atoms.